The summed E-state index contributed by atoms with van der Waals surface area (Å²) in [4.78, 5) is 12.8. The smallest absolute Gasteiger partial charge is 0.242 e. The number of benzene rings is 1. The summed E-state index contributed by atoms with van der Waals surface area (Å²) in [5.41, 5.74) is 0.383. The molecule has 1 aromatic carbocycles. The van der Waals surface area contributed by atoms with Crippen LogP contribution >= 0.6 is 0 Å². The minimum atomic E-state index is -0.942. The lowest BCUT2D eigenvalue weighted by molar-refractivity contribution is -0.118. The Morgan fingerprint density at radius 3 is 2.73 bits per heavy atom. The van der Waals surface area contributed by atoms with E-state index in [0.29, 0.717) is 18.8 Å². The van der Waals surface area contributed by atoms with Crippen LogP contribution in [0.3, 0.4) is 0 Å². The van der Waals surface area contributed by atoms with Crippen LogP contribution in [0.1, 0.15) is 0 Å². The Balaban J connectivity index is 2.28. The maximum atomic E-state index is 12.9. The van der Waals surface area contributed by atoms with Crippen LogP contribution in [0.15, 0.2) is 18.2 Å². The van der Waals surface area contributed by atoms with E-state index in [0.717, 1.165) is 12.1 Å². The molecule has 1 saturated heterocycles. The summed E-state index contributed by atoms with van der Waals surface area (Å²) >= 11 is 0. The van der Waals surface area contributed by atoms with Crippen LogP contribution < -0.4 is 10.2 Å². The van der Waals surface area contributed by atoms with Gasteiger partial charge in [-0.1, -0.05) is 0 Å². The molecule has 1 fully saturated rings. The minimum Gasteiger partial charge on any atom is -0.310 e. The van der Waals surface area contributed by atoms with Crippen molar-refractivity contribution in [3.05, 3.63) is 29.8 Å². The molecule has 1 radical (unpaired) electrons. The average molecular weight is 211 g/mol. The molecule has 5 heteroatoms. The van der Waals surface area contributed by atoms with E-state index < -0.39 is 11.6 Å². The molecule has 0 aliphatic carbocycles. The molecule has 1 aliphatic rings. The monoisotopic (exact) mass is 211 g/mol. The van der Waals surface area contributed by atoms with Crippen LogP contribution in [-0.4, -0.2) is 25.5 Å². The molecule has 79 valence electrons. The predicted octanol–water partition coefficient (Wildman–Crippen LogP) is 0.916. The predicted molar refractivity (Wildman–Crippen MR) is 50.6 cm³/mol. The van der Waals surface area contributed by atoms with E-state index in [4.69, 9.17) is 0 Å². The van der Waals surface area contributed by atoms with E-state index in [1.807, 2.05) is 0 Å². The summed E-state index contributed by atoms with van der Waals surface area (Å²) in [7, 11) is 0. The zero-order chi connectivity index (χ0) is 10.8. The standard InChI is InChI=1S/C10H9F2N2O/c11-8-2-1-7(5-9(8)12)14-4-3-13-6-10(14)15/h1-2,5H,3-4,6H2. The maximum Gasteiger partial charge on any atom is 0.242 e. The first-order chi connectivity index (χ1) is 7.18. The minimum absolute atomic E-state index is 0.110. The third kappa shape index (κ3) is 1.97. The SMILES string of the molecule is O=C1C[N]CCN1c1ccc(F)c(F)c1. The summed E-state index contributed by atoms with van der Waals surface area (Å²) in [6, 6.07) is 3.43. The zero-order valence-corrected chi connectivity index (χ0v) is 7.91. The molecule has 1 aliphatic heterocycles. The van der Waals surface area contributed by atoms with Crippen molar-refractivity contribution < 1.29 is 13.6 Å². The number of rotatable bonds is 1. The van der Waals surface area contributed by atoms with Crippen molar-refractivity contribution in [2.75, 3.05) is 24.5 Å². The average Bonchev–Trinajstić information content (AvgIpc) is 2.23. The van der Waals surface area contributed by atoms with Gasteiger partial charge in [0.2, 0.25) is 5.91 Å². The van der Waals surface area contributed by atoms with Gasteiger partial charge in [0.15, 0.2) is 11.6 Å². The van der Waals surface area contributed by atoms with Crippen molar-refractivity contribution in [2.45, 2.75) is 0 Å². The normalized spacial score (nSPS) is 16.9. The Morgan fingerprint density at radius 2 is 2.07 bits per heavy atom. The van der Waals surface area contributed by atoms with Gasteiger partial charge in [-0.3, -0.25) is 4.79 Å². The third-order valence-electron chi connectivity index (χ3n) is 2.24. The van der Waals surface area contributed by atoms with Gasteiger partial charge in [-0.05, 0) is 12.1 Å². The fourth-order valence-electron chi connectivity index (χ4n) is 1.48. The molecule has 0 bridgehead atoms. The van der Waals surface area contributed by atoms with E-state index in [-0.39, 0.29) is 12.5 Å². The molecule has 1 amide bonds. The number of amides is 1. The van der Waals surface area contributed by atoms with Crippen LogP contribution in [-0.2, 0) is 4.79 Å². The van der Waals surface area contributed by atoms with E-state index >= 15 is 0 Å². The molecule has 0 atom stereocenters. The number of piperazine rings is 1. The molecule has 2 rings (SSSR count). The Bertz CT molecular complexity index is 395. The Labute approximate surface area is 85.7 Å². The van der Waals surface area contributed by atoms with E-state index in [9.17, 15) is 13.6 Å². The van der Waals surface area contributed by atoms with Crippen LogP contribution in [0.25, 0.3) is 0 Å². The fraction of sp³-hybridized carbons (Fsp3) is 0.300. The lowest BCUT2D eigenvalue weighted by atomic mass is 10.2. The number of carbonyl (C=O) groups excluding carboxylic acids is 1. The molecule has 15 heavy (non-hydrogen) atoms. The van der Waals surface area contributed by atoms with Crippen molar-refractivity contribution in [1.29, 1.82) is 0 Å². The topological polar surface area (TPSA) is 34.4 Å². The van der Waals surface area contributed by atoms with Crippen molar-refractivity contribution in [1.82, 2.24) is 5.32 Å². The van der Waals surface area contributed by atoms with Crippen LogP contribution in [0.4, 0.5) is 14.5 Å². The van der Waals surface area contributed by atoms with Gasteiger partial charge in [-0.25, -0.2) is 14.1 Å². The number of carbonyl (C=O) groups is 1. The van der Waals surface area contributed by atoms with Crippen molar-refractivity contribution in [3.63, 3.8) is 0 Å². The summed E-state index contributed by atoms with van der Waals surface area (Å²) < 4.78 is 25.6. The summed E-state index contributed by atoms with van der Waals surface area (Å²) in [6.07, 6.45) is 0. The van der Waals surface area contributed by atoms with Crippen LogP contribution in [0.2, 0.25) is 0 Å². The molecule has 0 aromatic heterocycles. The highest BCUT2D eigenvalue weighted by molar-refractivity contribution is 5.95. The number of hydrogen-bond acceptors (Lipinski definition) is 1. The quantitative estimate of drug-likeness (QED) is 0.680. The first-order valence-electron chi connectivity index (χ1n) is 4.57. The number of anilines is 1. The highest BCUT2D eigenvalue weighted by Crippen LogP contribution is 2.18. The van der Waals surface area contributed by atoms with Crippen molar-refractivity contribution in [3.8, 4) is 0 Å². The maximum absolute atomic E-state index is 12.9. The zero-order valence-electron chi connectivity index (χ0n) is 7.91. The van der Waals surface area contributed by atoms with Gasteiger partial charge in [0.25, 0.3) is 0 Å². The van der Waals surface area contributed by atoms with Crippen LogP contribution in [0.5, 0.6) is 0 Å². The second-order valence-electron chi connectivity index (χ2n) is 3.25. The van der Waals surface area contributed by atoms with E-state index in [1.54, 1.807) is 0 Å². The second kappa shape index (κ2) is 3.94. The van der Waals surface area contributed by atoms with Gasteiger partial charge in [0, 0.05) is 24.8 Å². The first kappa shape index (κ1) is 10.0. The Kier molecular flexibility index (Phi) is 2.64. The highest BCUT2D eigenvalue weighted by Gasteiger charge is 2.20. The molecule has 1 aromatic rings. The number of nitrogens with zero attached hydrogens (tertiary/aromatic N) is 2. The third-order valence-corrected chi connectivity index (χ3v) is 2.24. The molecule has 0 unspecified atom stereocenters. The van der Waals surface area contributed by atoms with Crippen LogP contribution in [0, 0.1) is 11.6 Å². The molecule has 0 saturated carbocycles. The largest absolute Gasteiger partial charge is 0.310 e. The summed E-state index contributed by atoms with van der Waals surface area (Å²) in [5, 5.41) is 3.91. The van der Waals surface area contributed by atoms with Gasteiger partial charge < -0.3 is 4.90 Å². The molecule has 3 nitrogen and oxygen atoms in total. The molecule has 0 N–H and O–H groups in total. The number of halogens is 2. The first-order valence-corrected chi connectivity index (χ1v) is 4.57. The fourth-order valence-corrected chi connectivity index (χ4v) is 1.48. The Hall–Kier alpha value is -1.49. The van der Waals surface area contributed by atoms with Gasteiger partial charge in [-0.15, -0.1) is 0 Å². The number of hydrogen-bond donors (Lipinski definition) is 0. The molecular formula is C10H9F2N2O. The Morgan fingerprint density at radius 1 is 1.27 bits per heavy atom. The highest BCUT2D eigenvalue weighted by atomic mass is 19.2. The van der Waals surface area contributed by atoms with Crippen molar-refractivity contribution >= 4 is 11.6 Å². The molecule has 1 heterocycles. The van der Waals surface area contributed by atoms with Gasteiger partial charge in [0.1, 0.15) is 0 Å². The van der Waals surface area contributed by atoms with Crippen molar-refractivity contribution in [2.24, 2.45) is 0 Å². The lowest BCUT2D eigenvalue weighted by Crippen LogP contribution is -2.45. The summed E-state index contributed by atoms with van der Waals surface area (Å²) in [5.74, 6) is -2.04. The molecular weight excluding hydrogens is 202 g/mol. The van der Waals surface area contributed by atoms with Gasteiger partial charge in [-0.2, -0.15) is 0 Å². The second-order valence-corrected chi connectivity index (χ2v) is 3.25. The lowest BCUT2D eigenvalue weighted by Gasteiger charge is -2.26. The summed E-state index contributed by atoms with van der Waals surface area (Å²) in [6.45, 7) is 1.06. The van der Waals surface area contributed by atoms with Gasteiger partial charge in [0.05, 0.1) is 6.54 Å². The van der Waals surface area contributed by atoms with E-state index in [2.05, 4.69) is 5.32 Å². The van der Waals surface area contributed by atoms with E-state index in [1.165, 1.54) is 11.0 Å². The van der Waals surface area contributed by atoms with Gasteiger partial charge >= 0.3 is 0 Å². The molecule has 0 spiro atoms.